The van der Waals surface area contributed by atoms with E-state index >= 15 is 0 Å². The van der Waals surface area contributed by atoms with Crippen LogP contribution in [0.15, 0.2) is 0 Å². The molecule has 0 heterocycles. The molecule has 0 fully saturated rings. The van der Waals surface area contributed by atoms with Gasteiger partial charge in [-0.1, -0.05) is 187 Å². The third-order valence-electron chi connectivity index (χ3n) is 9.48. The number of carboxylic acids is 1. The predicted octanol–water partition coefficient (Wildman–Crippen LogP) is 13.1. The standard InChI is InChI=1S/C40H78O4/c1-2-3-4-5-6-7-8-9-10-11-13-18-23-28-33-38(41)35-30-25-20-16-17-21-26-31-36-39(42)34-29-24-19-14-12-15-22-27-32-37-40(43)44/h38,41H,2-37H2,1H3,(H,43,44). The van der Waals surface area contributed by atoms with Gasteiger partial charge in [-0.25, -0.2) is 0 Å². The fourth-order valence-electron chi connectivity index (χ4n) is 6.44. The molecule has 4 heteroatoms. The molecule has 0 aliphatic heterocycles. The van der Waals surface area contributed by atoms with E-state index in [2.05, 4.69) is 6.92 Å². The van der Waals surface area contributed by atoms with Gasteiger partial charge < -0.3 is 10.2 Å². The fourth-order valence-corrected chi connectivity index (χ4v) is 6.44. The van der Waals surface area contributed by atoms with Crippen molar-refractivity contribution in [3.8, 4) is 0 Å². The minimum atomic E-state index is -0.682. The molecule has 0 saturated heterocycles. The van der Waals surface area contributed by atoms with E-state index in [1.807, 2.05) is 0 Å². The van der Waals surface area contributed by atoms with Crippen molar-refractivity contribution < 1.29 is 19.8 Å². The lowest BCUT2D eigenvalue weighted by atomic mass is 10.0. The second-order valence-corrected chi connectivity index (χ2v) is 14.0. The Labute approximate surface area is 275 Å². The van der Waals surface area contributed by atoms with Crippen molar-refractivity contribution >= 4 is 11.8 Å². The maximum Gasteiger partial charge on any atom is 0.303 e. The molecule has 1 unspecified atom stereocenters. The number of unbranched alkanes of at least 4 members (excludes halogenated alkanes) is 28. The molecule has 0 aromatic heterocycles. The van der Waals surface area contributed by atoms with Crippen LogP contribution in [0, 0.1) is 0 Å². The Hall–Kier alpha value is -0.900. The molecular formula is C40H78O4. The number of aliphatic hydroxyl groups excluding tert-OH is 1. The maximum absolute atomic E-state index is 12.1. The molecule has 4 nitrogen and oxygen atoms in total. The summed E-state index contributed by atoms with van der Waals surface area (Å²) in [5.74, 6) is -0.227. The summed E-state index contributed by atoms with van der Waals surface area (Å²) in [7, 11) is 0. The number of ketones is 1. The molecule has 262 valence electrons. The first-order chi connectivity index (χ1) is 21.6. The van der Waals surface area contributed by atoms with Crippen LogP contribution in [-0.2, 0) is 9.59 Å². The number of hydrogen-bond donors (Lipinski definition) is 2. The van der Waals surface area contributed by atoms with E-state index in [-0.39, 0.29) is 6.10 Å². The van der Waals surface area contributed by atoms with Gasteiger partial charge in [0, 0.05) is 19.3 Å². The molecule has 2 N–H and O–H groups in total. The van der Waals surface area contributed by atoms with Crippen LogP contribution in [0.4, 0.5) is 0 Å². The van der Waals surface area contributed by atoms with Crippen LogP contribution in [0.3, 0.4) is 0 Å². The van der Waals surface area contributed by atoms with Crippen LogP contribution < -0.4 is 0 Å². The molecule has 1 atom stereocenters. The number of aliphatic hydroxyl groups is 1. The first kappa shape index (κ1) is 43.1. The minimum absolute atomic E-state index is 0.0852. The van der Waals surface area contributed by atoms with Crippen molar-refractivity contribution in [2.45, 2.75) is 244 Å². The van der Waals surface area contributed by atoms with Crippen LogP contribution in [0.5, 0.6) is 0 Å². The number of aliphatic carboxylic acids is 1. The van der Waals surface area contributed by atoms with Gasteiger partial charge in [-0.15, -0.1) is 0 Å². The van der Waals surface area contributed by atoms with Crippen LogP contribution in [0.1, 0.15) is 238 Å². The molecule has 0 aromatic rings. The molecule has 0 rings (SSSR count). The zero-order valence-corrected chi connectivity index (χ0v) is 29.7. The van der Waals surface area contributed by atoms with E-state index in [9.17, 15) is 14.7 Å². The van der Waals surface area contributed by atoms with Crippen LogP contribution in [0.25, 0.3) is 0 Å². The summed E-state index contributed by atoms with van der Waals surface area (Å²) in [5, 5.41) is 18.9. The Morgan fingerprint density at radius 2 is 0.636 bits per heavy atom. The molecule has 0 aliphatic rings. The lowest BCUT2D eigenvalue weighted by molar-refractivity contribution is -0.137. The summed E-state index contributed by atoms with van der Waals surface area (Å²) in [6.07, 6.45) is 43.1. The summed E-state index contributed by atoms with van der Waals surface area (Å²) in [4.78, 5) is 22.6. The van der Waals surface area contributed by atoms with Crippen molar-refractivity contribution in [2.24, 2.45) is 0 Å². The van der Waals surface area contributed by atoms with Gasteiger partial charge >= 0.3 is 5.97 Å². The molecule has 0 radical (unpaired) electrons. The van der Waals surface area contributed by atoms with Gasteiger partial charge in [0.2, 0.25) is 0 Å². The maximum atomic E-state index is 12.1. The molecule has 0 bridgehead atoms. The lowest BCUT2D eigenvalue weighted by Crippen LogP contribution is -2.05. The van der Waals surface area contributed by atoms with Gasteiger partial charge in [0.25, 0.3) is 0 Å². The second kappa shape index (κ2) is 36.6. The zero-order valence-electron chi connectivity index (χ0n) is 29.7. The van der Waals surface area contributed by atoms with Crippen molar-refractivity contribution in [1.82, 2.24) is 0 Å². The van der Waals surface area contributed by atoms with E-state index in [0.29, 0.717) is 12.2 Å². The number of rotatable bonds is 38. The van der Waals surface area contributed by atoms with E-state index in [4.69, 9.17) is 5.11 Å². The molecule has 0 aromatic carbocycles. The van der Waals surface area contributed by atoms with Crippen molar-refractivity contribution in [3.63, 3.8) is 0 Å². The van der Waals surface area contributed by atoms with E-state index in [0.717, 1.165) is 57.8 Å². The summed E-state index contributed by atoms with van der Waals surface area (Å²) in [5.41, 5.74) is 0. The van der Waals surface area contributed by atoms with Gasteiger partial charge in [0.1, 0.15) is 5.78 Å². The SMILES string of the molecule is CCCCCCCCCCCCCCCCC(O)CCCCCCCCCCC(=O)CCCCCCCCCCCC(=O)O. The summed E-state index contributed by atoms with van der Waals surface area (Å²) >= 11 is 0. The van der Waals surface area contributed by atoms with Gasteiger partial charge in [-0.2, -0.15) is 0 Å². The Balaban J connectivity index is 3.24. The molecule has 0 saturated carbocycles. The number of carbonyl (C=O) groups is 2. The summed E-state index contributed by atoms with van der Waals surface area (Å²) < 4.78 is 0. The molecule has 0 spiro atoms. The second-order valence-electron chi connectivity index (χ2n) is 14.0. The fraction of sp³-hybridized carbons (Fsp3) is 0.950. The normalized spacial score (nSPS) is 12.1. The highest BCUT2D eigenvalue weighted by atomic mass is 16.4. The zero-order chi connectivity index (χ0) is 32.2. The smallest absolute Gasteiger partial charge is 0.303 e. The van der Waals surface area contributed by atoms with Crippen LogP contribution in [0.2, 0.25) is 0 Å². The number of carboxylic acid groups (broad SMARTS) is 1. The van der Waals surface area contributed by atoms with Gasteiger partial charge in [-0.3, -0.25) is 9.59 Å². The monoisotopic (exact) mass is 623 g/mol. The van der Waals surface area contributed by atoms with Crippen LogP contribution >= 0.6 is 0 Å². The summed E-state index contributed by atoms with van der Waals surface area (Å²) in [6.45, 7) is 2.29. The van der Waals surface area contributed by atoms with Crippen LogP contribution in [-0.4, -0.2) is 28.1 Å². The topological polar surface area (TPSA) is 74.6 Å². The highest BCUT2D eigenvalue weighted by Crippen LogP contribution is 2.17. The van der Waals surface area contributed by atoms with Gasteiger partial charge in [0.05, 0.1) is 6.10 Å². The summed E-state index contributed by atoms with van der Waals surface area (Å²) in [6, 6.07) is 0. The van der Waals surface area contributed by atoms with Gasteiger partial charge in [-0.05, 0) is 32.1 Å². The third-order valence-corrected chi connectivity index (χ3v) is 9.48. The van der Waals surface area contributed by atoms with Gasteiger partial charge in [0.15, 0.2) is 0 Å². The Kier molecular flexibility index (Phi) is 35.8. The largest absolute Gasteiger partial charge is 0.481 e. The van der Waals surface area contributed by atoms with Crippen molar-refractivity contribution in [1.29, 1.82) is 0 Å². The Morgan fingerprint density at radius 3 is 0.932 bits per heavy atom. The van der Waals surface area contributed by atoms with Crippen molar-refractivity contribution in [2.75, 3.05) is 0 Å². The average molecular weight is 623 g/mol. The Bertz CT molecular complexity index is 590. The molecule has 44 heavy (non-hydrogen) atoms. The number of hydrogen-bond acceptors (Lipinski definition) is 3. The molecular weight excluding hydrogens is 544 g/mol. The molecule has 0 amide bonds. The Morgan fingerprint density at radius 1 is 0.386 bits per heavy atom. The third kappa shape index (κ3) is 37.3. The van der Waals surface area contributed by atoms with E-state index in [1.54, 1.807) is 0 Å². The van der Waals surface area contributed by atoms with E-state index < -0.39 is 5.97 Å². The average Bonchev–Trinajstić information content (AvgIpc) is 3.00. The predicted molar refractivity (Wildman–Crippen MR) is 191 cm³/mol. The number of Topliss-reactive ketones (excluding diaryl/α,β-unsaturated/α-hetero) is 1. The van der Waals surface area contributed by atoms with Crippen molar-refractivity contribution in [3.05, 3.63) is 0 Å². The first-order valence-electron chi connectivity index (χ1n) is 20.0. The molecule has 0 aliphatic carbocycles. The quantitative estimate of drug-likeness (QED) is 0.0672. The lowest BCUT2D eigenvalue weighted by Gasteiger charge is -2.10. The number of carbonyl (C=O) groups excluding carboxylic acids is 1. The highest BCUT2D eigenvalue weighted by molar-refractivity contribution is 5.78. The minimum Gasteiger partial charge on any atom is -0.481 e. The first-order valence-corrected chi connectivity index (χ1v) is 20.0. The highest BCUT2D eigenvalue weighted by Gasteiger charge is 2.05. The van der Waals surface area contributed by atoms with E-state index in [1.165, 1.54) is 167 Å².